The van der Waals surface area contributed by atoms with Crippen molar-refractivity contribution < 1.29 is 4.79 Å². The third-order valence-corrected chi connectivity index (χ3v) is 4.55. The summed E-state index contributed by atoms with van der Waals surface area (Å²) in [7, 11) is 0. The summed E-state index contributed by atoms with van der Waals surface area (Å²) in [6, 6.07) is 9.51. The van der Waals surface area contributed by atoms with E-state index in [1.165, 1.54) is 11.8 Å². The molecule has 5 nitrogen and oxygen atoms in total. The maximum Gasteiger partial charge on any atom is 0.225 e. The molecule has 1 amide bonds. The summed E-state index contributed by atoms with van der Waals surface area (Å²) in [5.41, 5.74) is 1.54. The molecule has 23 heavy (non-hydrogen) atoms. The Morgan fingerprint density at radius 2 is 2.04 bits per heavy atom. The number of carbonyl (C=O) groups excluding carboxylic acids is 1. The van der Waals surface area contributed by atoms with Crippen LogP contribution < -0.4 is 10.6 Å². The lowest BCUT2D eigenvalue weighted by Gasteiger charge is -2.09. The molecule has 0 radical (unpaired) electrons. The lowest BCUT2D eigenvalue weighted by atomic mass is 10.2. The predicted molar refractivity (Wildman–Crippen MR) is 95.8 cm³/mol. The fourth-order valence-electron chi connectivity index (χ4n) is 2.23. The predicted octanol–water partition coefficient (Wildman–Crippen LogP) is 4.61. The molecule has 0 unspecified atom stereocenters. The van der Waals surface area contributed by atoms with E-state index in [4.69, 9.17) is 11.6 Å². The molecule has 0 atom stereocenters. The molecule has 3 rings (SSSR count). The topological polar surface area (TPSA) is 66.9 Å². The van der Waals surface area contributed by atoms with Crippen LogP contribution in [0.5, 0.6) is 0 Å². The highest BCUT2D eigenvalue weighted by Gasteiger charge is 2.11. The minimum atomic E-state index is -0.111. The van der Waals surface area contributed by atoms with Crippen molar-refractivity contribution in [3.63, 3.8) is 0 Å². The van der Waals surface area contributed by atoms with E-state index in [1.54, 1.807) is 11.3 Å². The average molecular weight is 347 g/mol. The number of anilines is 3. The average Bonchev–Trinajstić information content (AvgIpc) is 2.90. The first-order chi connectivity index (χ1) is 11.0. The van der Waals surface area contributed by atoms with Gasteiger partial charge >= 0.3 is 0 Å². The molecule has 0 saturated carbocycles. The SMILES string of the molecule is CCc1cc2c(Nc3cccc(NC(C)=O)c3)nc(Cl)nc2s1. The van der Waals surface area contributed by atoms with E-state index in [1.807, 2.05) is 24.3 Å². The maximum absolute atomic E-state index is 11.2. The Bertz CT molecular complexity index is 878. The second-order valence-electron chi connectivity index (χ2n) is 5.01. The van der Waals surface area contributed by atoms with Gasteiger partial charge in [-0.05, 0) is 42.3 Å². The van der Waals surface area contributed by atoms with Crippen LogP contribution in [0.3, 0.4) is 0 Å². The zero-order chi connectivity index (χ0) is 16.4. The number of nitrogens with zero attached hydrogens (tertiary/aromatic N) is 2. The van der Waals surface area contributed by atoms with Gasteiger partial charge in [0, 0.05) is 23.2 Å². The molecule has 0 spiro atoms. The third-order valence-electron chi connectivity index (χ3n) is 3.21. The Hall–Kier alpha value is -2.18. The van der Waals surface area contributed by atoms with Crippen molar-refractivity contribution in [2.24, 2.45) is 0 Å². The number of halogens is 1. The first-order valence-corrected chi connectivity index (χ1v) is 8.35. The van der Waals surface area contributed by atoms with Crippen LogP contribution in [0.2, 0.25) is 5.28 Å². The highest BCUT2D eigenvalue weighted by atomic mass is 35.5. The lowest BCUT2D eigenvalue weighted by Crippen LogP contribution is -2.05. The van der Waals surface area contributed by atoms with Gasteiger partial charge in [-0.1, -0.05) is 13.0 Å². The van der Waals surface area contributed by atoms with Gasteiger partial charge in [0.15, 0.2) is 0 Å². The minimum absolute atomic E-state index is 0.111. The molecular weight excluding hydrogens is 332 g/mol. The van der Waals surface area contributed by atoms with Crippen LogP contribution in [0, 0.1) is 0 Å². The summed E-state index contributed by atoms with van der Waals surface area (Å²) in [5, 5.41) is 7.17. The van der Waals surface area contributed by atoms with Crippen LogP contribution in [0.25, 0.3) is 10.2 Å². The number of fused-ring (bicyclic) bond motifs is 1. The van der Waals surface area contributed by atoms with Crippen molar-refractivity contribution in [1.82, 2.24) is 9.97 Å². The lowest BCUT2D eigenvalue weighted by molar-refractivity contribution is -0.114. The molecule has 2 N–H and O–H groups in total. The van der Waals surface area contributed by atoms with Crippen LogP contribution in [0.4, 0.5) is 17.2 Å². The number of amides is 1. The molecule has 0 saturated heterocycles. The van der Waals surface area contributed by atoms with Crippen molar-refractivity contribution in [3.05, 3.63) is 40.5 Å². The Morgan fingerprint density at radius 3 is 2.78 bits per heavy atom. The minimum Gasteiger partial charge on any atom is -0.339 e. The Morgan fingerprint density at radius 1 is 1.26 bits per heavy atom. The Kier molecular flexibility index (Phi) is 4.45. The van der Waals surface area contributed by atoms with E-state index >= 15 is 0 Å². The third kappa shape index (κ3) is 3.60. The first-order valence-electron chi connectivity index (χ1n) is 7.16. The van der Waals surface area contributed by atoms with Crippen LogP contribution in [0.1, 0.15) is 18.7 Å². The summed E-state index contributed by atoms with van der Waals surface area (Å²) in [6.07, 6.45) is 0.941. The van der Waals surface area contributed by atoms with Crippen molar-refractivity contribution >= 4 is 56.3 Å². The van der Waals surface area contributed by atoms with E-state index in [-0.39, 0.29) is 11.2 Å². The second kappa shape index (κ2) is 6.52. The highest BCUT2D eigenvalue weighted by molar-refractivity contribution is 7.18. The zero-order valence-corrected chi connectivity index (χ0v) is 14.3. The molecule has 0 aliphatic rings. The van der Waals surface area contributed by atoms with Gasteiger partial charge in [0.2, 0.25) is 11.2 Å². The number of hydrogen-bond acceptors (Lipinski definition) is 5. The summed E-state index contributed by atoms with van der Waals surface area (Å²) < 4.78 is 0. The Balaban J connectivity index is 1.97. The first kappa shape index (κ1) is 15.7. The zero-order valence-electron chi connectivity index (χ0n) is 12.7. The molecule has 3 aromatic rings. The van der Waals surface area contributed by atoms with Crippen molar-refractivity contribution in [2.45, 2.75) is 20.3 Å². The van der Waals surface area contributed by atoms with Crippen molar-refractivity contribution in [1.29, 1.82) is 0 Å². The number of aromatic nitrogens is 2. The van der Waals surface area contributed by atoms with E-state index in [0.717, 1.165) is 28.0 Å². The van der Waals surface area contributed by atoms with Gasteiger partial charge in [-0.15, -0.1) is 11.3 Å². The van der Waals surface area contributed by atoms with E-state index in [2.05, 4.69) is 33.6 Å². The molecular formula is C16H15ClN4OS. The second-order valence-corrected chi connectivity index (χ2v) is 6.47. The maximum atomic E-state index is 11.2. The summed E-state index contributed by atoms with van der Waals surface area (Å²) in [5.74, 6) is 0.552. The Labute approximate surface area is 142 Å². The number of nitrogens with one attached hydrogen (secondary N) is 2. The monoisotopic (exact) mass is 346 g/mol. The van der Waals surface area contributed by atoms with E-state index in [0.29, 0.717) is 5.82 Å². The normalized spacial score (nSPS) is 10.7. The van der Waals surface area contributed by atoms with Gasteiger partial charge in [-0.3, -0.25) is 4.79 Å². The molecule has 2 heterocycles. The molecule has 0 aliphatic heterocycles. The fraction of sp³-hybridized carbons (Fsp3) is 0.188. The van der Waals surface area contributed by atoms with Gasteiger partial charge in [0.05, 0.1) is 5.39 Å². The van der Waals surface area contributed by atoms with Crippen LogP contribution in [0.15, 0.2) is 30.3 Å². The van der Waals surface area contributed by atoms with Gasteiger partial charge in [0.25, 0.3) is 0 Å². The number of carbonyl (C=O) groups is 1. The fourth-order valence-corrected chi connectivity index (χ4v) is 3.42. The van der Waals surface area contributed by atoms with E-state index < -0.39 is 0 Å². The molecule has 0 fully saturated rings. The number of hydrogen-bond donors (Lipinski definition) is 2. The summed E-state index contributed by atoms with van der Waals surface area (Å²) in [4.78, 5) is 21.8. The van der Waals surface area contributed by atoms with Crippen molar-refractivity contribution in [2.75, 3.05) is 10.6 Å². The molecule has 118 valence electrons. The molecule has 0 bridgehead atoms. The number of thiophene rings is 1. The largest absolute Gasteiger partial charge is 0.339 e. The number of benzene rings is 1. The van der Waals surface area contributed by atoms with Crippen molar-refractivity contribution in [3.8, 4) is 0 Å². The standard InChI is InChI=1S/C16H15ClN4OS/c1-3-12-8-13-14(20-16(17)21-15(13)23-12)19-11-6-4-5-10(7-11)18-9(2)22/h4-8H,3H2,1-2H3,(H,18,22)(H,19,20,21). The molecule has 2 aromatic heterocycles. The molecule has 0 aliphatic carbocycles. The van der Waals surface area contributed by atoms with Gasteiger partial charge in [0.1, 0.15) is 10.6 Å². The number of aryl methyl sites for hydroxylation is 1. The summed E-state index contributed by atoms with van der Waals surface area (Å²) in [6.45, 7) is 3.58. The summed E-state index contributed by atoms with van der Waals surface area (Å²) >= 11 is 7.65. The van der Waals surface area contributed by atoms with Crippen LogP contribution in [-0.4, -0.2) is 15.9 Å². The van der Waals surface area contributed by atoms with Crippen LogP contribution in [-0.2, 0) is 11.2 Å². The molecule has 1 aromatic carbocycles. The van der Waals surface area contributed by atoms with Gasteiger partial charge < -0.3 is 10.6 Å². The smallest absolute Gasteiger partial charge is 0.225 e. The highest BCUT2D eigenvalue weighted by Crippen LogP contribution is 2.32. The quantitative estimate of drug-likeness (QED) is 0.677. The molecule has 7 heteroatoms. The van der Waals surface area contributed by atoms with Gasteiger partial charge in [-0.25, -0.2) is 4.98 Å². The van der Waals surface area contributed by atoms with E-state index in [9.17, 15) is 4.79 Å². The number of rotatable bonds is 4. The van der Waals surface area contributed by atoms with Gasteiger partial charge in [-0.2, -0.15) is 4.98 Å². The van der Waals surface area contributed by atoms with Crippen LogP contribution >= 0.6 is 22.9 Å².